The molecule has 7 heteroatoms. The van der Waals surface area contributed by atoms with Gasteiger partial charge in [-0.15, -0.1) is 0 Å². The summed E-state index contributed by atoms with van der Waals surface area (Å²) < 4.78 is 0. The molecule has 176 valence electrons. The summed E-state index contributed by atoms with van der Waals surface area (Å²) in [5.41, 5.74) is 3.69. The Morgan fingerprint density at radius 3 is 2.31 bits per heavy atom. The number of hydrogen-bond donors (Lipinski definition) is 0. The quantitative estimate of drug-likeness (QED) is 0.542. The molecule has 1 saturated heterocycles. The van der Waals surface area contributed by atoms with E-state index in [2.05, 4.69) is 4.99 Å². The predicted octanol–water partition coefficient (Wildman–Crippen LogP) is 4.63. The van der Waals surface area contributed by atoms with Crippen molar-refractivity contribution in [3.63, 3.8) is 0 Å². The van der Waals surface area contributed by atoms with Gasteiger partial charge in [0.05, 0.1) is 27.8 Å². The van der Waals surface area contributed by atoms with E-state index in [9.17, 15) is 9.59 Å². The minimum absolute atomic E-state index is 0.0157. The van der Waals surface area contributed by atoms with Crippen LogP contribution in [0.4, 0.5) is 0 Å². The van der Waals surface area contributed by atoms with Crippen LogP contribution in [0.15, 0.2) is 71.2 Å². The van der Waals surface area contributed by atoms with Gasteiger partial charge in [0.1, 0.15) is 0 Å². The Bertz CT molecular complexity index is 1370. The fourth-order valence-corrected chi connectivity index (χ4v) is 5.08. The molecular formula is C28H25ClN4O2. The molecular weight excluding hydrogens is 460 g/mol. The van der Waals surface area contributed by atoms with Gasteiger partial charge >= 0.3 is 0 Å². The maximum Gasteiger partial charge on any atom is 0.255 e. The van der Waals surface area contributed by atoms with E-state index in [0.717, 1.165) is 16.6 Å². The summed E-state index contributed by atoms with van der Waals surface area (Å²) in [5, 5.41) is 1.42. The van der Waals surface area contributed by atoms with E-state index in [0.29, 0.717) is 53.8 Å². The van der Waals surface area contributed by atoms with Gasteiger partial charge in [-0.2, -0.15) is 0 Å². The highest BCUT2D eigenvalue weighted by Crippen LogP contribution is 2.37. The molecule has 1 saturated carbocycles. The summed E-state index contributed by atoms with van der Waals surface area (Å²) in [5.74, 6) is 0.570. The fourth-order valence-electron chi connectivity index (χ4n) is 4.81. The molecule has 2 amide bonds. The van der Waals surface area contributed by atoms with Crippen LogP contribution in [0.2, 0.25) is 5.02 Å². The summed E-state index contributed by atoms with van der Waals surface area (Å²) in [7, 11) is 0. The first-order chi connectivity index (χ1) is 17.1. The lowest BCUT2D eigenvalue weighted by atomic mass is 10.1. The molecule has 6 rings (SSSR count). The fraction of sp³-hybridized carbons (Fsp3) is 0.286. The molecule has 3 aromatic rings. The standard InChI is InChI=1S/C28H25ClN4O2/c29-23-16-25(18-4-2-1-3-5-18)31-26-14-20(8-9-22(23)26)27(34)32-10-12-33(13-11-32)28(35)21-15-24(30-17-21)19-6-7-19/h1-5,8-9,14-17,19,24H,6-7,10-13H2. The number of fused-ring (bicyclic) bond motifs is 1. The Morgan fingerprint density at radius 2 is 1.60 bits per heavy atom. The molecule has 1 aliphatic carbocycles. The molecule has 0 N–H and O–H groups in total. The van der Waals surface area contributed by atoms with Gasteiger partial charge in [-0.1, -0.05) is 48.0 Å². The van der Waals surface area contributed by atoms with Crippen molar-refractivity contribution in [1.82, 2.24) is 14.8 Å². The number of benzene rings is 2. The van der Waals surface area contributed by atoms with Crippen molar-refractivity contribution in [2.24, 2.45) is 10.9 Å². The van der Waals surface area contributed by atoms with Crippen LogP contribution in [0.1, 0.15) is 23.2 Å². The molecule has 0 spiro atoms. The van der Waals surface area contributed by atoms with E-state index in [-0.39, 0.29) is 17.9 Å². The van der Waals surface area contributed by atoms with Gasteiger partial charge in [0.25, 0.3) is 11.8 Å². The number of amides is 2. The first-order valence-corrected chi connectivity index (χ1v) is 12.4. The SMILES string of the molecule is O=C(C1=CC(C2CC2)N=C1)N1CCN(C(=O)c2ccc3c(Cl)cc(-c4ccccc4)nc3c2)CC1. The molecule has 1 aromatic heterocycles. The second-order valence-corrected chi connectivity index (χ2v) is 9.81. The number of rotatable bonds is 4. The number of piperazine rings is 1. The summed E-state index contributed by atoms with van der Waals surface area (Å²) in [6.45, 7) is 2.02. The minimum atomic E-state index is -0.0579. The average molecular weight is 485 g/mol. The van der Waals surface area contributed by atoms with Crippen LogP contribution in [-0.2, 0) is 4.79 Å². The van der Waals surface area contributed by atoms with Crippen LogP contribution < -0.4 is 0 Å². The van der Waals surface area contributed by atoms with E-state index in [4.69, 9.17) is 16.6 Å². The molecule has 0 bridgehead atoms. The number of aromatic nitrogens is 1. The lowest BCUT2D eigenvalue weighted by molar-refractivity contribution is -0.128. The number of aliphatic imine (C=N–C) groups is 1. The molecule has 3 heterocycles. The molecule has 1 atom stereocenters. The molecule has 2 aromatic carbocycles. The number of nitrogens with zero attached hydrogens (tertiary/aromatic N) is 4. The number of pyridine rings is 1. The van der Waals surface area contributed by atoms with Gasteiger partial charge in [0, 0.05) is 48.9 Å². The van der Waals surface area contributed by atoms with Crippen molar-refractivity contribution < 1.29 is 9.59 Å². The van der Waals surface area contributed by atoms with E-state index in [1.807, 2.05) is 59.5 Å². The minimum Gasteiger partial charge on any atom is -0.335 e. The summed E-state index contributed by atoms with van der Waals surface area (Å²) >= 11 is 6.54. The first kappa shape index (κ1) is 22.0. The predicted molar refractivity (Wildman–Crippen MR) is 138 cm³/mol. The average Bonchev–Trinajstić information content (AvgIpc) is 3.64. The van der Waals surface area contributed by atoms with Crippen molar-refractivity contribution in [3.05, 3.63) is 76.8 Å². The normalized spacial score (nSPS) is 19.8. The number of carbonyl (C=O) groups excluding carboxylic acids is 2. The Hall–Kier alpha value is -3.51. The summed E-state index contributed by atoms with van der Waals surface area (Å²) in [6.07, 6.45) is 6.13. The van der Waals surface area contributed by atoms with E-state index < -0.39 is 0 Å². The highest BCUT2D eigenvalue weighted by molar-refractivity contribution is 6.35. The first-order valence-electron chi connectivity index (χ1n) is 12.1. The number of hydrogen-bond acceptors (Lipinski definition) is 4. The Labute approximate surface area is 208 Å². The van der Waals surface area contributed by atoms with Crippen molar-refractivity contribution in [2.75, 3.05) is 26.2 Å². The third-order valence-corrected chi connectivity index (χ3v) is 7.33. The second kappa shape index (κ2) is 8.93. The van der Waals surface area contributed by atoms with Crippen LogP contribution in [0.25, 0.3) is 22.2 Å². The number of carbonyl (C=O) groups is 2. The van der Waals surface area contributed by atoms with E-state index in [1.165, 1.54) is 12.8 Å². The van der Waals surface area contributed by atoms with Crippen LogP contribution in [0.3, 0.4) is 0 Å². The topological polar surface area (TPSA) is 65.9 Å². The zero-order valence-electron chi connectivity index (χ0n) is 19.2. The van der Waals surface area contributed by atoms with E-state index in [1.54, 1.807) is 17.2 Å². The number of halogens is 1. The van der Waals surface area contributed by atoms with Crippen LogP contribution >= 0.6 is 11.6 Å². The summed E-state index contributed by atoms with van der Waals surface area (Å²) in [6, 6.07) is 17.3. The van der Waals surface area contributed by atoms with Crippen molar-refractivity contribution in [2.45, 2.75) is 18.9 Å². The molecule has 0 radical (unpaired) electrons. The highest BCUT2D eigenvalue weighted by Gasteiger charge is 2.34. The van der Waals surface area contributed by atoms with Gasteiger partial charge in [-0.3, -0.25) is 14.6 Å². The lowest BCUT2D eigenvalue weighted by Gasteiger charge is -2.34. The Balaban J connectivity index is 1.16. The largest absolute Gasteiger partial charge is 0.335 e. The van der Waals surface area contributed by atoms with E-state index >= 15 is 0 Å². The van der Waals surface area contributed by atoms with Gasteiger partial charge < -0.3 is 9.80 Å². The maximum atomic E-state index is 13.3. The van der Waals surface area contributed by atoms with Crippen molar-refractivity contribution >= 4 is 40.5 Å². The van der Waals surface area contributed by atoms with Crippen LogP contribution in [-0.4, -0.2) is 65.0 Å². The molecule has 2 aliphatic heterocycles. The molecule has 2 fully saturated rings. The van der Waals surface area contributed by atoms with Crippen molar-refractivity contribution in [1.29, 1.82) is 0 Å². The Morgan fingerprint density at radius 1 is 0.886 bits per heavy atom. The van der Waals surface area contributed by atoms with Gasteiger partial charge in [-0.25, -0.2) is 4.98 Å². The molecule has 1 unspecified atom stereocenters. The van der Waals surface area contributed by atoms with Gasteiger partial charge in [0.2, 0.25) is 0 Å². The van der Waals surface area contributed by atoms with Gasteiger partial charge in [-0.05, 0) is 43.0 Å². The lowest BCUT2D eigenvalue weighted by Crippen LogP contribution is -2.51. The zero-order valence-corrected chi connectivity index (χ0v) is 20.0. The molecule has 6 nitrogen and oxygen atoms in total. The van der Waals surface area contributed by atoms with Crippen LogP contribution in [0.5, 0.6) is 0 Å². The smallest absolute Gasteiger partial charge is 0.255 e. The highest BCUT2D eigenvalue weighted by atomic mass is 35.5. The Kier molecular flexibility index (Phi) is 5.61. The monoisotopic (exact) mass is 484 g/mol. The maximum absolute atomic E-state index is 13.3. The second-order valence-electron chi connectivity index (χ2n) is 9.40. The third kappa shape index (κ3) is 4.34. The molecule has 3 aliphatic rings. The molecule has 35 heavy (non-hydrogen) atoms. The summed E-state index contributed by atoms with van der Waals surface area (Å²) in [4.78, 5) is 39.1. The zero-order chi connectivity index (χ0) is 23.9. The van der Waals surface area contributed by atoms with Crippen LogP contribution in [0, 0.1) is 5.92 Å². The van der Waals surface area contributed by atoms with Gasteiger partial charge in [0.15, 0.2) is 0 Å². The third-order valence-electron chi connectivity index (χ3n) is 7.02. The van der Waals surface area contributed by atoms with Crippen molar-refractivity contribution in [3.8, 4) is 11.3 Å².